The van der Waals surface area contributed by atoms with Gasteiger partial charge in [0.2, 0.25) is 0 Å². The van der Waals surface area contributed by atoms with Gasteiger partial charge in [-0.3, -0.25) is 9.59 Å². The minimum absolute atomic E-state index is 0.0324. The summed E-state index contributed by atoms with van der Waals surface area (Å²) in [6.45, 7) is 0. The van der Waals surface area contributed by atoms with Crippen molar-refractivity contribution in [1.82, 2.24) is 0 Å². The summed E-state index contributed by atoms with van der Waals surface area (Å²) in [5, 5.41) is 24.3. The third-order valence-electron chi connectivity index (χ3n) is 1.22. The second-order valence-corrected chi connectivity index (χ2v) is 2.49. The van der Waals surface area contributed by atoms with E-state index < -0.39 is 24.4 Å². The minimum Gasteiger partial charge on any atom is -0.481 e. The van der Waals surface area contributed by atoms with Crippen molar-refractivity contribution in [3.63, 3.8) is 0 Å². The lowest BCUT2D eigenvalue weighted by Crippen LogP contribution is -2.32. The number of carboxylic acid groups (broad SMARTS) is 2. The van der Waals surface area contributed by atoms with Crippen LogP contribution in [0.25, 0.3) is 0 Å². The van der Waals surface area contributed by atoms with Crippen molar-refractivity contribution in [2.24, 2.45) is 5.73 Å². The minimum atomic E-state index is -1.29. The van der Waals surface area contributed by atoms with E-state index in [4.69, 9.17) is 21.1 Å². The summed E-state index contributed by atoms with van der Waals surface area (Å²) in [5.41, 5.74) is 4.84. The Morgan fingerprint density at radius 2 is 2.07 bits per heavy atom. The molecule has 0 aliphatic carbocycles. The molecule has 7 heteroatoms. The Hall–Kier alpha value is -2.02. The summed E-state index contributed by atoms with van der Waals surface area (Å²) in [4.78, 5) is 19.6. The van der Waals surface area contributed by atoms with Crippen LogP contribution < -0.4 is 5.73 Å². The Balaban J connectivity index is 0.000000280. The molecule has 0 fully saturated rings. The summed E-state index contributed by atoms with van der Waals surface area (Å²) >= 11 is 0. The molecule has 0 saturated carbocycles. The summed E-state index contributed by atoms with van der Waals surface area (Å²) < 4.78 is 4.39. The molecule has 0 amide bonds. The predicted octanol–water partition coefficient (Wildman–Crippen LogP) is -0.142. The Labute approximate surface area is 84.7 Å². The first-order valence-electron chi connectivity index (χ1n) is 3.86. The number of hydrogen-bond acceptors (Lipinski definition) is 5. The van der Waals surface area contributed by atoms with Crippen LogP contribution in [-0.4, -0.2) is 33.3 Å². The molecule has 0 spiro atoms. The Kier molecular flexibility index (Phi) is 5.57. The molecule has 15 heavy (non-hydrogen) atoms. The van der Waals surface area contributed by atoms with Crippen LogP contribution in [0.3, 0.4) is 0 Å². The fourth-order valence-corrected chi connectivity index (χ4v) is 0.545. The topological polar surface area (TPSA) is 134 Å². The van der Waals surface area contributed by atoms with Crippen LogP contribution in [0, 0.1) is 0 Å². The maximum Gasteiger partial charge on any atom is 0.321 e. The average molecular weight is 217 g/mol. The van der Waals surface area contributed by atoms with Crippen molar-refractivity contribution in [3.05, 3.63) is 18.4 Å². The molecule has 84 valence electrons. The first kappa shape index (κ1) is 13.0. The van der Waals surface area contributed by atoms with E-state index in [0.29, 0.717) is 0 Å². The van der Waals surface area contributed by atoms with Crippen molar-refractivity contribution in [3.8, 4) is 5.95 Å². The number of rotatable bonds is 3. The van der Waals surface area contributed by atoms with Crippen molar-refractivity contribution in [2.75, 3.05) is 0 Å². The largest absolute Gasteiger partial charge is 0.481 e. The molecule has 7 nitrogen and oxygen atoms in total. The monoisotopic (exact) mass is 217 g/mol. The SMILES string of the molecule is N[C@@H](CC(=O)O)C(=O)O.Oc1ccco1. The van der Waals surface area contributed by atoms with Crippen LogP contribution in [0.4, 0.5) is 0 Å². The highest BCUT2D eigenvalue weighted by molar-refractivity contribution is 5.80. The van der Waals surface area contributed by atoms with Crippen molar-refractivity contribution in [2.45, 2.75) is 12.5 Å². The lowest BCUT2D eigenvalue weighted by molar-refractivity contribution is -0.144. The molecule has 1 rings (SSSR count). The maximum atomic E-state index is 9.85. The molecule has 1 atom stereocenters. The van der Waals surface area contributed by atoms with Crippen molar-refractivity contribution < 1.29 is 29.3 Å². The Morgan fingerprint density at radius 1 is 1.47 bits per heavy atom. The van der Waals surface area contributed by atoms with Gasteiger partial charge < -0.3 is 25.5 Å². The highest BCUT2D eigenvalue weighted by atomic mass is 16.5. The molecule has 0 aliphatic rings. The molecule has 0 saturated heterocycles. The van der Waals surface area contributed by atoms with Crippen molar-refractivity contribution >= 4 is 11.9 Å². The van der Waals surface area contributed by atoms with Crippen LogP contribution in [0.2, 0.25) is 0 Å². The molecule has 0 aliphatic heterocycles. The predicted molar refractivity (Wildman–Crippen MR) is 48.2 cm³/mol. The van der Waals surface area contributed by atoms with Crippen LogP contribution in [0.15, 0.2) is 22.8 Å². The van der Waals surface area contributed by atoms with Crippen LogP contribution in [-0.2, 0) is 9.59 Å². The first-order valence-corrected chi connectivity index (χ1v) is 3.86. The lowest BCUT2D eigenvalue weighted by atomic mass is 10.2. The van der Waals surface area contributed by atoms with Gasteiger partial charge in [0.1, 0.15) is 6.04 Å². The van der Waals surface area contributed by atoms with Gasteiger partial charge in [-0.1, -0.05) is 0 Å². The Bertz CT molecular complexity index is 307. The highest BCUT2D eigenvalue weighted by Gasteiger charge is 2.14. The van der Waals surface area contributed by atoms with E-state index in [0.717, 1.165) is 0 Å². The number of aliphatic carboxylic acids is 2. The summed E-state index contributed by atoms with van der Waals surface area (Å²) in [7, 11) is 0. The fourth-order valence-electron chi connectivity index (χ4n) is 0.545. The van der Waals surface area contributed by atoms with Gasteiger partial charge in [0, 0.05) is 6.07 Å². The van der Waals surface area contributed by atoms with Gasteiger partial charge in [-0.05, 0) is 6.07 Å². The van der Waals surface area contributed by atoms with Crippen LogP contribution >= 0.6 is 0 Å². The van der Waals surface area contributed by atoms with Gasteiger partial charge in [0.15, 0.2) is 0 Å². The van der Waals surface area contributed by atoms with E-state index in [1.165, 1.54) is 12.3 Å². The number of aromatic hydroxyl groups is 1. The smallest absolute Gasteiger partial charge is 0.321 e. The molecule has 0 aromatic carbocycles. The first-order chi connectivity index (χ1) is 6.93. The fraction of sp³-hybridized carbons (Fsp3) is 0.250. The zero-order valence-corrected chi connectivity index (χ0v) is 7.66. The van der Waals surface area contributed by atoms with Gasteiger partial charge in [0.25, 0.3) is 5.95 Å². The van der Waals surface area contributed by atoms with Crippen LogP contribution in [0.5, 0.6) is 5.95 Å². The van der Waals surface area contributed by atoms with Crippen LogP contribution in [0.1, 0.15) is 6.42 Å². The van der Waals surface area contributed by atoms with Crippen molar-refractivity contribution in [1.29, 1.82) is 0 Å². The second kappa shape index (κ2) is 6.44. The number of carboxylic acids is 2. The molecule has 0 unspecified atom stereocenters. The van der Waals surface area contributed by atoms with E-state index in [1.54, 1.807) is 6.07 Å². The summed E-state index contributed by atoms with van der Waals surface area (Å²) in [6, 6.07) is 1.80. The number of furan rings is 1. The molecule has 1 heterocycles. The number of nitrogens with two attached hydrogens (primary N) is 1. The highest BCUT2D eigenvalue weighted by Crippen LogP contribution is 2.04. The van der Waals surface area contributed by atoms with Gasteiger partial charge >= 0.3 is 11.9 Å². The summed E-state index contributed by atoms with van der Waals surface area (Å²) in [6.07, 6.45) is 0.880. The molecule has 0 bridgehead atoms. The third kappa shape index (κ3) is 7.08. The molecule has 1 aromatic rings. The molecule has 5 N–H and O–H groups in total. The second-order valence-electron chi connectivity index (χ2n) is 2.49. The zero-order chi connectivity index (χ0) is 11.8. The van der Waals surface area contributed by atoms with Gasteiger partial charge in [-0.2, -0.15) is 0 Å². The van der Waals surface area contributed by atoms with E-state index in [-0.39, 0.29) is 5.95 Å². The Morgan fingerprint density at radius 3 is 2.20 bits per heavy atom. The number of hydrogen-bond donors (Lipinski definition) is 4. The molecular formula is C8H11NO6. The van der Waals surface area contributed by atoms with Gasteiger partial charge in [-0.25, -0.2) is 0 Å². The zero-order valence-electron chi connectivity index (χ0n) is 7.66. The average Bonchev–Trinajstić information content (AvgIpc) is 2.55. The van der Waals surface area contributed by atoms with E-state index in [2.05, 4.69) is 4.42 Å². The molecular weight excluding hydrogens is 206 g/mol. The quantitative estimate of drug-likeness (QED) is 0.553. The van der Waals surface area contributed by atoms with Gasteiger partial charge in [0.05, 0.1) is 12.7 Å². The lowest BCUT2D eigenvalue weighted by Gasteiger charge is -1.99. The standard InChI is InChI=1S/C4H7NO4.C4H4O2/c5-2(4(8)9)1-3(6)7;5-4-2-1-3-6-4/h2H,1,5H2,(H,6,7)(H,8,9);1-3,5H/t2-;/m0./s1. The molecule has 0 radical (unpaired) electrons. The van der Waals surface area contributed by atoms with E-state index in [1.807, 2.05) is 0 Å². The maximum absolute atomic E-state index is 9.85. The van der Waals surface area contributed by atoms with E-state index >= 15 is 0 Å². The van der Waals surface area contributed by atoms with E-state index in [9.17, 15) is 9.59 Å². The third-order valence-corrected chi connectivity index (χ3v) is 1.22. The molecule has 1 aromatic heterocycles. The van der Waals surface area contributed by atoms with Gasteiger partial charge in [-0.15, -0.1) is 0 Å². The number of carbonyl (C=O) groups is 2. The normalized spacial score (nSPS) is 11.0. The summed E-state index contributed by atoms with van der Waals surface area (Å²) in [5.74, 6) is -2.53.